The molecule has 216 valence electrons. The van der Waals surface area contributed by atoms with Crippen LogP contribution in [0.25, 0.3) is 0 Å². The number of carbonyl (C=O) groups is 3. The van der Waals surface area contributed by atoms with E-state index in [-0.39, 0.29) is 24.4 Å². The number of carbonyl (C=O) groups excluding carboxylic acids is 3. The number of ether oxygens (including phenoxy) is 1. The summed E-state index contributed by atoms with van der Waals surface area (Å²) in [5.41, 5.74) is 3.24. The Morgan fingerprint density at radius 3 is 2.42 bits per heavy atom. The molecule has 1 aromatic heterocycles. The number of hydrogen-bond donors (Lipinski definition) is 2. The zero-order valence-electron chi connectivity index (χ0n) is 23.6. The summed E-state index contributed by atoms with van der Waals surface area (Å²) >= 11 is 0. The van der Waals surface area contributed by atoms with Crippen LogP contribution in [0.5, 0.6) is 11.5 Å². The molecule has 0 bridgehead atoms. The van der Waals surface area contributed by atoms with E-state index in [9.17, 15) is 14.4 Å². The van der Waals surface area contributed by atoms with Crippen molar-refractivity contribution in [2.75, 3.05) is 20.1 Å². The van der Waals surface area contributed by atoms with Crippen LogP contribution in [0.15, 0.2) is 121 Å². The normalized spacial score (nSPS) is 16.9. The van der Waals surface area contributed by atoms with Crippen molar-refractivity contribution in [3.63, 3.8) is 0 Å². The second-order valence-corrected chi connectivity index (χ2v) is 10.4. The van der Waals surface area contributed by atoms with E-state index in [0.717, 1.165) is 5.69 Å². The summed E-state index contributed by atoms with van der Waals surface area (Å²) in [6.07, 6.45) is 2.27. The van der Waals surface area contributed by atoms with Crippen LogP contribution in [0.4, 0.5) is 4.79 Å². The van der Waals surface area contributed by atoms with Gasteiger partial charge in [0.25, 0.3) is 5.91 Å². The average Bonchev–Trinajstić information content (AvgIpc) is 3.37. The van der Waals surface area contributed by atoms with Crippen LogP contribution in [0, 0.1) is 0 Å². The summed E-state index contributed by atoms with van der Waals surface area (Å²) in [6, 6.07) is 29.7. The topological polar surface area (TPSA) is 104 Å². The number of nitrogens with one attached hydrogen (secondary N) is 2. The molecule has 0 spiro atoms. The number of amides is 4. The molecular formula is C34H31N5O4. The Morgan fingerprint density at radius 1 is 0.953 bits per heavy atom. The highest BCUT2D eigenvalue weighted by atomic mass is 16.5. The molecule has 2 N–H and O–H groups in total. The maximum Gasteiger partial charge on any atom is 0.322 e. The quantitative estimate of drug-likeness (QED) is 0.300. The van der Waals surface area contributed by atoms with Gasteiger partial charge in [-0.3, -0.25) is 19.5 Å². The second-order valence-electron chi connectivity index (χ2n) is 10.4. The largest absolute Gasteiger partial charge is 0.457 e. The fourth-order valence-corrected chi connectivity index (χ4v) is 5.49. The molecule has 43 heavy (non-hydrogen) atoms. The van der Waals surface area contributed by atoms with Gasteiger partial charge < -0.3 is 20.3 Å². The van der Waals surface area contributed by atoms with Crippen LogP contribution in [0.3, 0.4) is 0 Å². The van der Waals surface area contributed by atoms with Crippen LogP contribution >= 0.6 is 0 Å². The zero-order valence-corrected chi connectivity index (χ0v) is 23.6. The SMILES string of the molecule is CN1C(=O)NC(c2cccc(Oc3ccccc3)c2)C2=C1CN(C(C(=O)NCCc1ccccn1)c1ccccc1)C2=O. The lowest BCUT2D eigenvalue weighted by Gasteiger charge is -2.31. The second kappa shape index (κ2) is 12.2. The molecule has 0 saturated heterocycles. The predicted octanol–water partition coefficient (Wildman–Crippen LogP) is 4.77. The lowest BCUT2D eigenvalue weighted by Crippen LogP contribution is -2.45. The maximum absolute atomic E-state index is 14.2. The number of likely N-dealkylation sites (N-methyl/N-ethyl adjacent to an activating group) is 1. The molecule has 4 amide bonds. The summed E-state index contributed by atoms with van der Waals surface area (Å²) in [6.45, 7) is 0.479. The summed E-state index contributed by atoms with van der Waals surface area (Å²) in [4.78, 5) is 48.4. The van der Waals surface area contributed by atoms with E-state index in [4.69, 9.17) is 4.74 Å². The number of nitrogens with zero attached hydrogens (tertiary/aromatic N) is 3. The molecule has 0 aliphatic carbocycles. The minimum absolute atomic E-state index is 0.113. The van der Waals surface area contributed by atoms with Crippen LogP contribution in [-0.4, -0.2) is 52.8 Å². The first-order chi connectivity index (χ1) is 21.0. The van der Waals surface area contributed by atoms with Crippen molar-refractivity contribution in [2.45, 2.75) is 18.5 Å². The average molecular weight is 574 g/mol. The first-order valence-electron chi connectivity index (χ1n) is 14.1. The summed E-state index contributed by atoms with van der Waals surface area (Å²) < 4.78 is 6.02. The Bertz CT molecular complexity index is 1660. The van der Waals surface area contributed by atoms with Gasteiger partial charge in [-0.1, -0.05) is 66.7 Å². The third-order valence-corrected chi connectivity index (χ3v) is 7.64. The summed E-state index contributed by atoms with van der Waals surface area (Å²) in [5, 5.41) is 5.97. The third kappa shape index (κ3) is 5.83. The zero-order chi connectivity index (χ0) is 29.8. The Balaban J connectivity index is 1.28. The molecule has 3 heterocycles. The van der Waals surface area contributed by atoms with Crippen LogP contribution in [-0.2, 0) is 16.0 Å². The van der Waals surface area contributed by atoms with E-state index >= 15 is 0 Å². The van der Waals surface area contributed by atoms with Crippen LogP contribution < -0.4 is 15.4 Å². The van der Waals surface area contributed by atoms with E-state index in [2.05, 4.69) is 15.6 Å². The smallest absolute Gasteiger partial charge is 0.322 e. The lowest BCUT2D eigenvalue weighted by molar-refractivity contribution is -0.136. The van der Waals surface area contributed by atoms with Crippen molar-refractivity contribution in [1.29, 1.82) is 0 Å². The van der Waals surface area contributed by atoms with Gasteiger partial charge in [-0.25, -0.2) is 4.79 Å². The summed E-state index contributed by atoms with van der Waals surface area (Å²) in [7, 11) is 1.64. The van der Waals surface area contributed by atoms with Gasteiger partial charge in [0.15, 0.2) is 0 Å². The van der Waals surface area contributed by atoms with Crippen molar-refractivity contribution in [2.24, 2.45) is 0 Å². The van der Waals surface area contributed by atoms with Crippen molar-refractivity contribution in [3.8, 4) is 11.5 Å². The van der Waals surface area contributed by atoms with E-state index in [1.54, 1.807) is 18.1 Å². The third-order valence-electron chi connectivity index (χ3n) is 7.64. The van der Waals surface area contributed by atoms with Crippen molar-refractivity contribution in [3.05, 3.63) is 137 Å². The van der Waals surface area contributed by atoms with Crippen molar-refractivity contribution >= 4 is 17.8 Å². The number of pyridine rings is 1. The monoisotopic (exact) mass is 573 g/mol. The molecule has 0 radical (unpaired) electrons. The molecule has 2 atom stereocenters. The first-order valence-corrected chi connectivity index (χ1v) is 14.1. The van der Waals surface area contributed by atoms with Gasteiger partial charge in [0.05, 0.1) is 23.9 Å². The Kier molecular flexibility index (Phi) is 7.86. The van der Waals surface area contributed by atoms with Gasteiger partial charge >= 0.3 is 6.03 Å². The summed E-state index contributed by atoms with van der Waals surface area (Å²) in [5.74, 6) is 0.646. The molecule has 2 aliphatic heterocycles. The highest BCUT2D eigenvalue weighted by Gasteiger charge is 2.46. The number of rotatable bonds is 9. The minimum Gasteiger partial charge on any atom is -0.457 e. The Hall–Kier alpha value is -5.44. The van der Waals surface area contributed by atoms with Crippen LogP contribution in [0.1, 0.15) is 28.9 Å². The molecule has 9 nitrogen and oxygen atoms in total. The number of hydrogen-bond acceptors (Lipinski definition) is 5. The molecule has 6 rings (SSSR count). The van der Waals surface area contributed by atoms with Gasteiger partial charge in [0.2, 0.25) is 5.91 Å². The van der Waals surface area contributed by atoms with E-state index in [1.807, 2.05) is 103 Å². The lowest BCUT2D eigenvalue weighted by atomic mass is 9.95. The highest BCUT2D eigenvalue weighted by molar-refractivity contribution is 6.03. The molecule has 2 unspecified atom stereocenters. The van der Waals surface area contributed by atoms with Gasteiger partial charge in [0, 0.05) is 31.9 Å². The van der Waals surface area contributed by atoms with Crippen molar-refractivity contribution in [1.82, 2.24) is 25.4 Å². The number of urea groups is 1. The van der Waals surface area contributed by atoms with Gasteiger partial charge in [-0.05, 0) is 47.5 Å². The fourth-order valence-electron chi connectivity index (χ4n) is 5.49. The molecular weight excluding hydrogens is 542 g/mol. The van der Waals surface area contributed by atoms with Gasteiger partial charge in [-0.15, -0.1) is 0 Å². The van der Waals surface area contributed by atoms with Crippen molar-refractivity contribution < 1.29 is 19.1 Å². The highest BCUT2D eigenvalue weighted by Crippen LogP contribution is 2.40. The van der Waals surface area contributed by atoms with Crippen LogP contribution in [0.2, 0.25) is 0 Å². The molecule has 0 saturated carbocycles. The molecule has 2 aliphatic rings. The predicted molar refractivity (Wildman–Crippen MR) is 161 cm³/mol. The number of aromatic nitrogens is 1. The molecule has 3 aromatic carbocycles. The van der Waals surface area contributed by atoms with E-state index < -0.39 is 12.1 Å². The van der Waals surface area contributed by atoms with E-state index in [0.29, 0.717) is 46.9 Å². The molecule has 4 aromatic rings. The fraction of sp³-hybridized carbons (Fsp3) is 0.176. The molecule has 9 heteroatoms. The standard InChI is InChI=1S/C34H31N5O4/c1-38-28-22-39(31(23-11-4-2-5-12-23)32(40)36-20-18-25-14-8-9-19-35-25)33(41)29(28)30(37-34(38)42)24-13-10-17-27(21-24)43-26-15-6-3-7-16-26/h2-17,19,21,30-31H,18,20,22H2,1H3,(H,36,40)(H,37,42). The minimum atomic E-state index is -0.889. The first kappa shape index (κ1) is 27.7. The Morgan fingerprint density at radius 2 is 1.67 bits per heavy atom. The van der Waals surface area contributed by atoms with Gasteiger partial charge in [-0.2, -0.15) is 0 Å². The number of para-hydroxylation sites is 1. The number of benzene rings is 3. The molecule has 0 fully saturated rings. The van der Waals surface area contributed by atoms with Gasteiger partial charge in [0.1, 0.15) is 17.5 Å². The van der Waals surface area contributed by atoms with E-state index in [1.165, 1.54) is 4.90 Å². The maximum atomic E-state index is 14.2. The Labute approximate surface area is 249 Å².